The molecule has 0 atom stereocenters. The van der Waals surface area contributed by atoms with Gasteiger partial charge in [0, 0.05) is 16.5 Å². The fraction of sp³-hybridized carbons (Fsp3) is 0. The van der Waals surface area contributed by atoms with Crippen molar-refractivity contribution < 1.29 is 9.18 Å². The number of benzene rings is 1. The minimum atomic E-state index is -0.420. The molecule has 0 saturated carbocycles. The summed E-state index contributed by atoms with van der Waals surface area (Å²) in [6, 6.07) is 6.11. The van der Waals surface area contributed by atoms with Crippen LogP contribution in [0.4, 0.5) is 4.39 Å². The molecule has 0 N–H and O–H groups in total. The molecule has 2 aromatic rings. The third-order valence-electron chi connectivity index (χ3n) is 1.97. The number of rotatable bonds is 2. The monoisotopic (exact) mass is 284 g/mol. The van der Waals surface area contributed by atoms with E-state index in [1.165, 1.54) is 23.5 Å². The highest BCUT2D eigenvalue weighted by Crippen LogP contribution is 2.19. The first-order chi connectivity index (χ1) is 7.18. The van der Waals surface area contributed by atoms with E-state index < -0.39 is 5.82 Å². The third-order valence-corrected chi connectivity index (χ3v) is 3.29. The van der Waals surface area contributed by atoms with E-state index in [2.05, 4.69) is 15.9 Å². The minimum absolute atomic E-state index is 0.150. The Kier molecular flexibility index (Phi) is 2.98. The highest BCUT2D eigenvalue weighted by atomic mass is 79.9. The lowest BCUT2D eigenvalue weighted by Gasteiger charge is -1.99. The fourth-order valence-electron chi connectivity index (χ4n) is 1.20. The van der Waals surface area contributed by atoms with Gasteiger partial charge in [-0.05, 0) is 45.6 Å². The van der Waals surface area contributed by atoms with Crippen LogP contribution >= 0.6 is 27.3 Å². The Morgan fingerprint density at radius 1 is 1.27 bits per heavy atom. The number of hydrogen-bond donors (Lipinski definition) is 0. The lowest BCUT2D eigenvalue weighted by Crippen LogP contribution is -1.99. The Morgan fingerprint density at radius 3 is 2.67 bits per heavy atom. The highest BCUT2D eigenvalue weighted by molar-refractivity contribution is 9.10. The molecule has 0 aliphatic rings. The molecule has 0 aliphatic heterocycles. The number of carbonyl (C=O) groups is 1. The van der Waals surface area contributed by atoms with E-state index in [0.29, 0.717) is 15.6 Å². The molecular formula is C11H6BrFOS. The highest BCUT2D eigenvalue weighted by Gasteiger charge is 2.11. The average Bonchev–Trinajstić information content (AvgIpc) is 2.74. The minimum Gasteiger partial charge on any atom is -0.289 e. The van der Waals surface area contributed by atoms with Crippen LogP contribution in [0.1, 0.15) is 15.9 Å². The second-order valence-corrected chi connectivity index (χ2v) is 4.60. The van der Waals surface area contributed by atoms with Crippen LogP contribution in [0, 0.1) is 5.82 Å². The first-order valence-electron chi connectivity index (χ1n) is 4.20. The van der Waals surface area contributed by atoms with Crippen molar-refractivity contribution in [2.45, 2.75) is 0 Å². The van der Waals surface area contributed by atoms with Crippen LogP contribution in [0.5, 0.6) is 0 Å². The summed E-state index contributed by atoms with van der Waals surface area (Å²) in [6.07, 6.45) is 0. The molecule has 0 fully saturated rings. The number of halogens is 2. The van der Waals surface area contributed by atoms with Crippen molar-refractivity contribution in [1.82, 2.24) is 0 Å². The van der Waals surface area contributed by atoms with Crippen LogP contribution in [0.15, 0.2) is 39.5 Å². The first kappa shape index (κ1) is 10.5. The average molecular weight is 285 g/mol. The summed E-state index contributed by atoms with van der Waals surface area (Å²) in [5.74, 6) is -0.571. The second kappa shape index (κ2) is 4.24. The molecule has 1 aromatic heterocycles. The van der Waals surface area contributed by atoms with Crippen molar-refractivity contribution in [3.63, 3.8) is 0 Å². The van der Waals surface area contributed by atoms with Crippen LogP contribution in [0.25, 0.3) is 0 Å². The van der Waals surface area contributed by atoms with E-state index in [1.807, 2.05) is 5.38 Å². The van der Waals surface area contributed by atoms with E-state index in [9.17, 15) is 9.18 Å². The Bertz CT molecular complexity index is 493. The summed E-state index contributed by atoms with van der Waals surface area (Å²) in [4.78, 5) is 11.8. The Morgan fingerprint density at radius 2 is 2.07 bits per heavy atom. The lowest BCUT2D eigenvalue weighted by molar-refractivity contribution is 0.103. The maximum atomic E-state index is 13.2. The van der Waals surface area contributed by atoms with Gasteiger partial charge in [0.25, 0.3) is 0 Å². The molecular weight excluding hydrogens is 279 g/mol. The van der Waals surface area contributed by atoms with Crippen molar-refractivity contribution in [3.05, 3.63) is 56.4 Å². The van der Waals surface area contributed by atoms with E-state index in [1.54, 1.807) is 17.5 Å². The Hall–Kier alpha value is -1.000. The zero-order valence-electron chi connectivity index (χ0n) is 7.54. The van der Waals surface area contributed by atoms with Crippen LogP contribution in [-0.2, 0) is 0 Å². The SMILES string of the molecule is O=C(c1ccsc1)c1ccc(Br)c(F)c1. The zero-order valence-corrected chi connectivity index (χ0v) is 9.94. The molecule has 1 aromatic carbocycles. The quantitative estimate of drug-likeness (QED) is 0.765. The lowest BCUT2D eigenvalue weighted by atomic mass is 10.1. The first-order valence-corrected chi connectivity index (χ1v) is 5.94. The van der Waals surface area contributed by atoms with Crippen molar-refractivity contribution >= 4 is 33.0 Å². The van der Waals surface area contributed by atoms with Gasteiger partial charge < -0.3 is 0 Å². The summed E-state index contributed by atoms with van der Waals surface area (Å²) >= 11 is 4.49. The van der Waals surface area contributed by atoms with Gasteiger partial charge >= 0.3 is 0 Å². The molecule has 15 heavy (non-hydrogen) atoms. The molecule has 0 radical (unpaired) electrons. The van der Waals surface area contributed by atoms with Crippen LogP contribution in [0.2, 0.25) is 0 Å². The van der Waals surface area contributed by atoms with E-state index in [4.69, 9.17) is 0 Å². The van der Waals surface area contributed by atoms with E-state index in [0.717, 1.165) is 0 Å². The third kappa shape index (κ3) is 2.16. The van der Waals surface area contributed by atoms with Gasteiger partial charge in [-0.2, -0.15) is 11.3 Å². The van der Waals surface area contributed by atoms with E-state index >= 15 is 0 Å². The van der Waals surface area contributed by atoms with Gasteiger partial charge in [0.1, 0.15) is 5.82 Å². The summed E-state index contributed by atoms with van der Waals surface area (Å²) in [7, 11) is 0. The van der Waals surface area contributed by atoms with Crippen LogP contribution < -0.4 is 0 Å². The summed E-state index contributed by atoms with van der Waals surface area (Å²) < 4.78 is 13.5. The zero-order chi connectivity index (χ0) is 10.8. The number of carbonyl (C=O) groups excluding carboxylic acids is 1. The summed E-state index contributed by atoms with van der Waals surface area (Å²) in [5, 5.41) is 3.57. The molecule has 0 bridgehead atoms. The van der Waals surface area contributed by atoms with Gasteiger partial charge in [-0.15, -0.1) is 0 Å². The van der Waals surface area contributed by atoms with Crippen molar-refractivity contribution in [1.29, 1.82) is 0 Å². The van der Waals surface area contributed by atoms with Gasteiger partial charge in [0.15, 0.2) is 5.78 Å². The number of thiophene rings is 1. The normalized spacial score (nSPS) is 10.3. The Labute approximate surface area is 98.7 Å². The predicted octanol–water partition coefficient (Wildman–Crippen LogP) is 3.88. The molecule has 76 valence electrons. The summed E-state index contributed by atoms with van der Waals surface area (Å²) in [5.41, 5.74) is 0.968. The van der Waals surface area contributed by atoms with Gasteiger partial charge in [-0.3, -0.25) is 4.79 Å². The van der Waals surface area contributed by atoms with Gasteiger partial charge in [-0.25, -0.2) is 4.39 Å². The smallest absolute Gasteiger partial charge is 0.193 e. The number of ketones is 1. The standard InChI is InChI=1S/C11H6BrFOS/c12-9-2-1-7(5-10(9)13)11(14)8-3-4-15-6-8/h1-6H. The van der Waals surface area contributed by atoms with Crippen molar-refractivity contribution in [3.8, 4) is 0 Å². The van der Waals surface area contributed by atoms with Crippen LogP contribution in [-0.4, -0.2) is 5.78 Å². The van der Waals surface area contributed by atoms with Crippen molar-refractivity contribution in [2.75, 3.05) is 0 Å². The van der Waals surface area contributed by atoms with Gasteiger partial charge in [0.2, 0.25) is 0 Å². The largest absolute Gasteiger partial charge is 0.289 e. The molecule has 0 spiro atoms. The molecule has 0 aliphatic carbocycles. The van der Waals surface area contributed by atoms with Crippen molar-refractivity contribution in [2.24, 2.45) is 0 Å². The Balaban J connectivity index is 2.39. The summed E-state index contributed by atoms with van der Waals surface area (Å²) in [6.45, 7) is 0. The van der Waals surface area contributed by atoms with Gasteiger partial charge in [0.05, 0.1) is 4.47 Å². The maximum absolute atomic E-state index is 13.2. The molecule has 1 heterocycles. The number of hydrogen-bond acceptors (Lipinski definition) is 2. The molecule has 0 amide bonds. The van der Waals surface area contributed by atoms with Gasteiger partial charge in [-0.1, -0.05) is 0 Å². The predicted molar refractivity (Wildman–Crippen MR) is 61.9 cm³/mol. The van der Waals surface area contributed by atoms with E-state index in [-0.39, 0.29) is 5.78 Å². The fourth-order valence-corrected chi connectivity index (χ4v) is 2.08. The molecule has 0 unspecified atom stereocenters. The molecule has 4 heteroatoms. The topological polar surface area (TPSA) is 17.1 Å². The molecule has 1 nitrogen and oxygen atoms in total. The maximum Gasteiger partial charge on any atom is 0.193 e. The molecule has 0 saturated heterocycles. The molecule has 2 rings (SSSR count). The van der Waals surface area contributed by atoms with Crippen LogP contribution in [0.3, 0.4) is 0 Å². The second-order valence-electron chi connectivity index (χ2n) is 2.97.